The van der Waals surface area contributed by atoms with Crippen LogP contribution in [0.4, 0.5) is 11.4 Å². The number of aliphatic hydroxyl groups is 1. The van der Waals surface area contributed by atoms with E-state index in [9.17, 15) is 14.9 Å². The molecule has 92 valence electrons. The Hall–Kier alpha value is -2.15. The van der Waals surface area contributed by atoms with Crippen molar-refractivity contribution in [3.8, 4) is 0 Å². The van der Waals surface area contributed by atoms with E-state index in [1.54, 1.807) is 11.9 Å². The predicted molar refractivity (Wildman–Crippen MR) is 61.5 cm³/mol. The number of hydrogen-bond acceptors (Lipinski definition) is 5. The van der Waals surface area contributed by atoms with Crippen molar-refractivity contribution in [1.82, 2.24) is 0 Å². The summed E-state index contributed by atoms with van der Waals surface area (Å²) in [6, 6.07) is 4.25. The lowest BCUT2D eigenvalue weighted by Crippen LogP contribution is -2.30. The van der Waals surface area contributed by atoms with E-state index in [1.807, 2.05) is 0 Å². The number of nitrogens with zero attached hydrogens (tertiary/aromatic N) is 2. The third kappa shape index (κ3) is 3.15. The van der Waals surface area contributed by atoms with Gasteiger partial charge in [-0.15, -0.1) is 0 Å². The first-order valence-corrected chi connectivity index (χ1v) is 4.83. The van der Waals surface area contributed by atoms with E-state index in [0.717, 1.165) is 0 Å². The molecule has 1 aromatic carbocycles. The van der Waals surface area contributed by atoms with Crippen LogP contribution in [-0.4, -0.2) is 29.5 Å². The third-order valence-corrected chi connectivity index (χ3v) is 2.26. The van der Waals surface area contributed by atoms with Crippen LogP contribution >= 0.6 is 0 Å². The number of amides is 1. The molecule has 0 aliphatic carbocycles. The Morgan fingerprint density at radius 3 is 2.71 bits per heavy atom. The smallest absolute Gasteiger partial charge is 0.275 e. The molecule has 3 N–H and O–H groups in total. The lowest BCUT2D eigenvalue weighted by Gasteiger charge is -2.17. The zero-order valence-electron chi connectivity index (χ0n) is 9.29. The second kappa shape index (κ2) is 5.26. The third-order valence-electron chi connectivity index (χ3n) is 2.26. The zero-order valence-corrected chi connectivity index (χ0v) is 9.29. The summed E-state index contributed by atoms with van der Waals surface area (Å²) in [5.74, 6) is -0.503. The van der Waals surface area contributed by atoms with Gasteiger partial charge in [0.25, 0.3) is 5.69 Å². The normalized spacial score (nSPS) is 10.0. The molecule has 0 heterocycles. The number of carbonyl (C=O) groups is 1. The monoisotopic (exact) mass is 239 g/mol. The maximum atomic E-state index is 10.7. The summed E-state index contributed by atoms with van der Waals surface area (Å²) in [5, 5.41) is 19.7. The molecule has 0 spiro atoms. The predicted octanol–water partition coefficient (Wildman–Crippen LogP) is 0.00860. The number of nitro benzene ring substituents is 1. The molecule has 0 aliphatic heterocycles. The number of nitro groups is 1. The Balaban J connectivity index is 3.04. The van der Waals surface area contributed by atoms with E-state index in [1.165, 1.54) is 18.2 Å². The molecule has 0 bridgehead atoms. The molecular formula is C10H13N3O4. The molecule has 0 fully saturated rings. The number of carbonyl (C=O) groups excluding carboxylic acids is 1. The fourth-order valence-corrected chi connectivity index (χ4v) is 1.44. The summed E-state index contributed by atoms with van der Waals surface area (Å²) in [6.45, 7) is -0.433. The maximum Gasteiger partial charge on any atom is 0.275 e. The van der Waals surface area contributed by atoms with Crippen molar-refractivity contribution in [3.63, 3.8) is 0 Å². The van der Waals surface area contributed by atoms with Crippen LogP contribution in [0.3, 0.4) is 0 Å². The summed E-state index contributed by atoms with van der Waals surface area (Å²) in [4.78, 5) is 22.4. The molecule has 17 heavy (non-hydrogen) atoms. The minimum Gasteiger partial charge on any atom is -0.391 e. The molecule has 1 rings (SSSR count). The highest BCUT2D eigenvalue weighted by atomic mass is 16.6. The molecule has 0 aromatic heterocycles. The first-order chi connectivity index (χ1) is 7.95. The first kappa shape index (κ1) is 12.9. The minimum atomic E-state index is -0.566. The van der Waals surface area contributed by atoms with Gasteiger partial charge in [0.1, 0.15) is 0 Å². The van der Waals surface area contributed by atoms with E-state index in [0.29, 0.717) is 5.69 Å². The van der Waals surface area contributed by atoms with Gasteiger partial charge >= 0.3 is 0 Å². The Bertz CT molecular complexity index is 447. The molecule has 0 radical (unpaired) electrons. The van der Waals surface area contributed by atoms with Crippen LogP contribution in [0.5, 0.6) is 0 Å². The summed E-state index contributed by atoms with van der Waals surface area (Å²) >= 11 is 0. The van der Waals surface area contributed by atoms with Crippen LogP contribution in [0.2, 0.25) is 0 Å². The number of benzene rings is 1. The second-order valence-corrected chi connectivity index (χ2v) is 3.55. The molecule has 0 saturated carbocycles. The SMILES string of the molecule is CN(CC(N)=O)c1ccc([N+](=O)[O-])c(CO)c1. The van der Waals surface area contributed by atoms with E-state index in [2.05, 4.69) is 0 Å². The molecule has 7 heteroatoms. The topological polar surface area (TPSA) is 110 Å². The van der Waals surface area contributed by atoms with Crippen molar-refractivity contribution in [2.24, 2.45) is 5.73 Å². The van der Waals surface area contributed by atoms with Crippen LogP contribution in [-0.2, 0) is 11.4 Å². The van der Waals surface area contributed by atoms with Gasteiger partial charge in [-0.25, -0.2) is 0 Å². The van der Waals surface area contributed by atoms with E-state index in [-0.39, 0.29) is 17.8 Å². The molecule has 1 amide bonds. The van der Waals surface area contributed by atoms with Crippen molar-refractivity contribution in [1.29, 1.82) is 0 Å². The van der Waals surface area contributed by atoms with Crippen molar-refractivity contribution in [2.75, 3.05) is 18.5 Å². The molecule has 0 atom stereocenters. The standard InChI is InChI=1S/C10H13N3O4/c1-12(5-10(11)15)8-2-3-9(13(16)17)7(4-8)6-14/h2-4,14H,5-6H2,1H3,(H2,11,15). The molecule has 0 saturated heterocycles. The molecule has 0 aliphatic rings. The van der Waals surface area contributed by atoms with Gasteiger partial charge in [0.15, 0.2) is 0 Å². The van der Waals surface area contributed by atoms with Gasteiger partial charge in [-0.1, -0.05) is 0 Å². The number of rotatable bonds is 5. The van der Waals surface area contributed by atoms with E-state index in [4.69, 9.17) is 10.8 Å². The van der Waals surface area contributed by atoms with Crippen molar-refractivity contribution in [3.05, 3.63) is 33.9 Å². The average molecular weight is 239 g/mol. The van der Waals surface area contributed by atoms with Crippen molar-refractivity contribution < 1.29 is 14.8 Å². The Kier molecular flexibility index (Phi) is 4.00. The largest absolute Gasteiger partial charge is 0.391 e. The van der Waals surface area contributed by atoms with Crippen molar-refractivity contribution in [2.45, 2.75) is 6.61 Å². The summed E-state index contributed by atoms with van der Waals surface area (Å²) < 4.78 is 0. The van der Waals surface area contributed by atoms with Gasteiger partial charge in [0, 0.05) is 18.8 Å². The fourth-order valence-electron chi connectivity index (χ4n) is 1.44. The van der Waals surface area contributed by atoms with Crippen molar-refractivity contribution >= 4 is 17.3 Å². The van der Waals surface area contributed by atoms with Gasteiger partial charge in [-0.05, 0) is 12.1 Å². The summed E-state index contributed by atoms with van der Waals surface area (Å²) in [7, 11) is 1.63. The number of anilines is 1. The highest BCUT2D eigenvalue weighted by Gasteiger charge is 2.15. The fraction of sp³-hybridized carbons (Fsp3) is 0.300. The lowest BCUT2D eigenvalue weighted by molar-refractivity contribution is -0.385. The van der Waals surface area contributed by atoms with Crippen LogP contribution in [0.15, 0.2) is 18.2 Å². The number of primary amides is 1. The maximum absolute atomic E-state index is 10.7. The number of hydrogen-bond donors (Lipinski definition) is 2. The van der Waals surface area contributed by atoms with Crippen LogP contribution in [0, 0.1) is 10.1 Å². The van der Waals surface area contributed by atoms with E-state index < -0.39 is 17.4 Å². The van der Waals surface area contributed by atoms with Gasteiger partial charge in [-0.2, -0.15) is 0 Å². The molecule has 0 unspecified atom stereocenters. The Morgan fingerprint density at radius 1 is 1.59 bits per heavy atom. The first-order valence-electron chi connectivity index (χ1n) is 4.83. The highest BCUT2D eigenvalue weighted by molar-refractivity contribution is 5.79. The zero-order chi connectivity index (χ0) is 13.0. The lowest BCUT2D eigenvalue weighted by atomic mass is 10.1. The summed E-state index contributed by atoms with van der Waals surface area (Å²) in [5.41, 5.74) is 5.67. The second-order valence-electron chi connectivity index (χ2n) is 3.55. The van der Waals surface area contributed by atoms with Gasteiger partial charge in [-0.3, -0.25) is 14.9 Å². The molecular weight excluding hydrogens is 226 g/mol. The van der Waals surface area contributed by atoms with Crippen LogP contribution in [0.25, 0.3) is 0 Å². The van der Waals surface area contributed by atoms with Gasteiger partial charge in [0.05, 0.1) is 23.6 Å². The number of likely N-dealkylation sites (N-methyl/N-ethyl adjacent to an activating group) is 1. The van der Waals surface area contributed by atoms with Gasteiger partial charge < -0.3 is 15.7 Å². The number of nitrogens with two attached hydrogens (primary N) is 1. The Morgan fingerprint density at radius 2 is 2.24 bits per heavy atom. The quantitative estimate of drug-likeness (QED) is 0.555. The van der Waals surface area contributed by atoms with Crippen LogP contribution < -0.4 is 10.6 Å². The average Bonchev–Trinajstić information content (AvgIpc) is 2.27. The van der Waals surface area contributed by atoms with Crippen LogP contribution in [0.1, 0.15) is 5.56 Å². The molecule has 7 nitrogen and oxygen atoms in total. The number of aliphatic hydroxyl groups excluding tert-OH is 1. The van der Waals surface area contributed by atoms with Gasteiger partial charge in [0.2, 0.25) is 5.91 Å². The van der Waals surface area contributed by atoms with E-state index >= 15 is 0 Å². The minimum absolute atomic E-state index is 0.00266. The highest BCUT2D eigenvalue weighted by Crippen LogP contribution is 2.24. The summed E-state index contributed by atoms with van der Waals surface area (Å²) in [6.07, 6.45) is 0. The Labute approximate surface area is 97.6 Å². The molecule has 1 aromatic rings.